The van der Waals surface area contributed by atoms with Gasteiger partial charge in [-0.15, -0.1) is 34.8 Å². The molecule has 4 atom stereocenters. The van der Waals surface area contributed by atoms with E-state index in [1.54, 1.807) is 50.2 Å². The van der Waals surface area contributed by atoms with Crippen LogP contribution in [0.5, 0.6) is 11.5 Å². The second-order valence-corrected chi connectivity index (χ2v) is 17.3. The molecule has 0 saturated heterocycles. The van der Waals surface area contributed by atoms with Gasteiger partial charge in [-0.2, -0.15) is 20.5 Å². The summed E-state index contributed by atoms with van der Waals surface area (Å²) < 4.78 is 10.6. The van der Waals surface area contributed by atoms with Crippen LogP contribution in [0.1, 0.15) is 75.9 Å². The summed E-state index contributed by atoms with van der Waals surface area (Å²) in [5.74, 6) is -3.30. The predicted octanol–water partition coefficient (Wildman–Crippen LogP) is 12.2. The van der Waals surface area contributed by atoms with E-state index in [4.69, 9.17) is 67.5 Å². The maximum atomic E-state index is 13.5. The molecule has 5 aromatic rings. The highest BCUT2D eigenvalue weighted by Gasteiger charge is 2.26. The summed E-state index contributed by atoms with van der Waals surface area (Å²) in [5, 5.41) is 26.3. The molecule has 0 spiro atoms. The number of alkyl halides is 3. The number of benzene rings is 5. The molecule has 21 heteroatoms. The van der Waals surface area contributed by atoms with E-state index >= 15 is 0 Å². The number of azo groups is 2. The van der Waals surface area contributed by atoms with Crippen LogP contribution in [0, 0.1) is 0 Å². The lowest BCUT2D eigenvalue weighted by molar-refractivity contribution is -0.127. The molecule has 0 aromatic heterocycles. The summed E-state index contributed by atoms with van der Waals surface area (Å²) in [6.07, 6.45) is 0. The third kappa shape index (κ3) is 14.1. The first-order valence-electron chi connectivity index (χ1n) is 20.3. The minimum Gasteiger partial charge on any atom is -0.497 e. The molecule has 0 radical (unpaired) electrons. The Balaban J connectivity index is 1.27. The molecule has 5 aromatic carbocycles. The van der Waals surface area contributed by atoms with Crippen molar-refractivity contribution < 1.29 is 38.2 Å². The highest BCUT2D eigenvalue weighted by Crippen LogP contribution is 2.34. The topological polar surface area (TPSA) is 218 Å². The van der Waals surface area contributed by atoms with Crippen LogP contribution in [-0.4, -0.2) is 61.5 Å². The lowest BCUT2D eigenvalue weighted by atomic mass is 10.1. The molecular weight excluding hydrogens is 982 g/mol. The molecule has 0 fully saturated rings. The van der Waals surface area contributed by atoms with E-state index in [9.17, 15) is 28.8 Å². The summed E-state index contributed by atoms with van der Waals surface area (Å²) in [7, 11) is 2.98. The Hall–Kier alpha value is -6.43. The highest BCUT2D eigenvalue weighted by molar-refractivity contribution is 6.32. The molecule has 0 aliphatic rings. The summed E-state index contributed by atoms with van der Waals surface area (Å²) in [6, 6.07) is 19.5. The largest absolute Gasteiger partial charge is 0.497 e. The maximum Gasteiger partial charge on any atom is 0.258 e. The van der Waals surface area contributed by atoms with Gasteiger partial charge in [-0.05, 0) is 111 Å². The minimum absolute atomic E-state index is 0.0738. The highest BCUT2D eigenvalue weighted by atomic mass is 35.5. The second kappa shape index (κ2) is 24.0. The van der Waals surface area contributed by atoms with Crippen molar-refractivity contribution in [1.82, 2.24) is 0 Å². The average molecular weight is 1030 g/mol. The number of anilines is 4. The number of Topliss-reactive ketones (excluding diaryl/α,β-unsaturated/α-hetero) is 2. The third-order valence-electron chi connectivity index (χ3n) is 9.78. The summed E-state index contributed by atoms with van der Waals surface area (Å²) in [5.41, 5.74) is 3.15. The molecular formula is C47H43Cl5N8O8. The number of hydrogen-bond acceptors (Lipinski definition) is 12. The van der Waals surface area contributed by atoms with Gasteiger partial charge in [0.15, 0.2) is 11.6 Å². The van der Waals surface area contributed by atoms with Crippen LogP contribution in [0.2, 0.25) is 10.0 Å². The van der Waals surface area contributed by atoms with Crippen molar-refractivity contribution in [3.05, 3.63) is 129 Å². The second-order valence-electron chi connectivity index (χ2n) is 14.9. The molecule has 4 N–H and O–H groups in total. The monoisotopic (exact) mass is 1020 g/mol. The zero-order valence-corrected chi connectivity index (χ0v) is 40.9. The van der Waals surface area contributed by atoms with Crippen molar-refractivity contribution in [2.45, 2.75) is 56.4 Å². The molecule has 0 aliphatic heterocycles. The van der Waals surface area contributed by atoms with E-state index in [0.717, 1.165) is 13.8 Å². The SMILES string of the molecule is COc1ccc(C(C)Cl)c(NC(=O)c2cc(Cl)cc(N=NC(C(C)=O)C(=O)Nc3ccc(NC(=O)C(N=Nc4cc(Cl)cc(C(=O)Nc5cc(OC)ccc5C(C)Cl)c4)C(C)=O)c(CCl)c3)c2)c1. The van der Waals surface area contributed by atoms with Crippen molar-refractivity contribution in [3.8, 4) is 11.5 Å². The Bertz CT molecular complexity index is 2820. The lowest BCUT2D eigenvalue weighted by Gasteiger charge is -2.15. The fourth-order valence-electron chi connectivity index (χ4n) is 6.35. The van der Waals surface area contributed by atoms with Gasteiger partial charge in [-0.3, -0.25) is 28.8 Å². The number of carbonyl (C=O) groups is 6. The first-order chi connectivity index (χ1) is 32.3. The van der Waals surface area contributed by atoms with E-state index in [1.807, 2.05) is 0 Å². The number of ketones is 2. The van der Waals surface area contributed by atoms with Crippen molar-refractivity contribution in [1.29, 1.82) is 0 Å². The number of halogens is 5. The van der Waals surface area contributed by atoms with Gasteiger partial charge >= 0.3 is 0 Å². The van der Waals surface area contributed by atoms with Crippen LogP contribution < -0.4 is 30.7 Å². The fourth-order valence-corrected chi connectivity index (χ4v) is 7.41. The van der Waals surface area contributed by atoms with Crippen LogP contribution in [-0.2, 0) is 25.1 Å². The van der Waals surface area contributed by atoms with Gasteiger partial charge in [-0.1, -0.05) is 35.3 Å². The van der Waals surface area contributed by atoms with E-state index in [0.29, 0.717) is 39.6 Å². The Morgan fingerprint density at radius 3 is 1.40 bits per heavy atom. The van der Waals surface area contributed by atoms with Crippen LogP contribution in [0.25, 0.3) is 0 Å². The summed E-state index contributed by atoms with van der Waals surface area (Å²) in [6.45, 7) is 5.81. The van der Waals surface area contributed by atoms with Gasteiger partial charge in [0.25, 0.3) is 23.6 Å². The molecule has 354 valence electrons. The molecule has 4 amide bonds. The molecule has 68 heavy (non-hydrogen) atoms. The smallest absolute Gasteiger partial charge is 0.258 e. The number of amides is 4. The molecule has 4 unspecified atom stereocenters. The van der Waals surface area contributed by atoms with Gasteiger partial charge in [0.2, 0.25) is 12.1 Å². The average Bonchev–Trinajstić information content (AvgIpc) is 3.28. The third-order valence-corrected chi connectivity index (χ3v) is 11.0. The number of nitrogens with one attached hydrogen (secondary N) is 4. The van der Waals surface area contributed by atoms with Gasteiger partial charge in [0.1, 0.15) is 11.5 Å². The van der Waals surface area contributed by atoms with Gasteiger partial charge in [0, 0.05) is 61.9 Å². The summed E-state index contributed by atoms with van der Waals surface area (Å²) in [4.78, 5) is 78.9. The predicted molar refractivity (Wildman–Crippen MR) is 265 cm³/mol. The number of nitrogens with zero attached hydrogens (tertiary/aromatic N) is 4. The number of carbonyl (C=O) groups excluding carboxylic acids is 6. The number of hydrogen-bond donors (Lipinski definition) is 4. The molecule has 0 bridgehead atoms. The minimum atomic E-state index is -1.63. The van der Waals surface area contributed by atoms with Crippen molar-refractivity contribution in [2.24, 2.45) is 20.5 Å². The molecule has 0 saturated carbocycles. The lowest BCUT2D eigenvalue weighted by Crippen LogP contribution is -2.32. The maximum absolute atomic E-state index is 13.5. The van der Waals surface area contributed by atoms with Crippen LogP contribution in [0.4, 0.5) is 34.1 Å². The Labute approximate surface area is 416 Å². The first kappa shape index (κ1) is 52.5. The van der Waals surface area contributed by atoms with Crippen LogP contribution >= 0.6 is 58.0 Å². The van der Waals surface area contributed by atoms with Gasteiger partial charge in [0.05, 0.1) is 36.3 Å². The van der Waals surface area contributed by atoms with Gasteiger partial charge < -0.3 is 30.7 Å². The van der Waals surface area contributed by atoms with Crippen molar-refractivity contribution in [3.63, 3.8) is 0 Å². The molecule has 5 rings (SSSR count). The number of rotatable bonds is 19. The standard InChI is InChI=1S/C47H43Cl5N8O8/c1-23(49)37-10-8-35(67-5)20-40(37)55-44(63)27-13-30(51)18-33(15-27)57-59-42(25(3)61)46(65)53-32-7-12-39(29(17-32)22-48)54-47(66)43(26(4)62)60-58-34-16-28(14-31(52)19-34)45(64)56-41-21-36(68-6)9-11-38(41)24(2)50/h7-21,23-24,42-43H,22H2,1-6H3,(H,53,65)(H,54,66)(H,55,63)(H,56,64). The van der Waals surface area contributed by atoms with E-state index in [-0.39, 0.29) is 49.8 Å². The Morgan fingerprint density at radius 2 is 1.00 bits per heavy atom. The number of ether oxygens (including phenoxy) is 2. The quantitative estimate of drug-likeness (QED) is 0.0353. The Kier molecular flexibility index (Phi) is 18.6. The van der Waals surface area contributed by atoms with Crippen LogP contribution in [0.15, 0.2) is 111 Å². The van der Waals surface area contributed by atoms with Crippen molar-refractivity contribution in [2.75, 3.05) is 35.5 Å². The number of methoxy groups -OCH3 is 2. The van der Waals surface area contributed by atoms with Crippen LogP contribution in [0.3, 0.4) is 0 Å². The first-order valence-corrected chi connectivity index (χ1v) is 22.5. The Morgan fingerprint density at radius 1 is 0.559 bits per heavy atom. The molecule has 0 aliphatic carbocycles. The van der Waals surface area contributed by atoms with E-state index in [2.05, 4.69) is 41.7 Å². The molecule has 16 nitrogen and oxygen atoms in total. The molecule has 0 heterocycles. The van der Waals surface area contributed by atoms with E-state index in [1.165, 1.54) is 68.8 Å². The fraction of sp³-hybridized carbons (Fsp3) is 0.234. The van der Waals surface area contributed by atoms with E-state index < -0.39 is 58.0 Å². The zero-order chi connectivity index (χ0) is 49.8. The van der Waals surface area contributed by atoms with Crippen molar-refractivity contribution >= 4 is 127 Å². The summed E-state index contributed by atoms with van der Waals surface area (Å²) >= 11 is 31.6. The zero-order valence-electron chi connectivity index (χ0n) is 37.1. The van der Waals surface area contributed by atoms with Gasteiger partial charge in [-0.25, -0.2) is 0 Å². The normalized spacial score (nSPS) is 13.0.